The van der Waals surface area contributed by atoms with E-state index in [2.05, 4.69) is 0 Å². The third kappa shape index (κ3) is 2.19. The molecule has 2 aromatic rings. The number of rotatable bonds is 1. The molecule has 0 aliphatic rings. The molecule has 0 atom stereocenters. The molecule has 0 unspecified atom stereocenters. The Bertz CT molecular complexity index is 501. The summed E-state index contributed by atoms with van der Waals surface area (Å²) in [5.74, 6) is -0.870. The van der Waals surface area contributed by atoms with E-state index in [9.17, 15) is 4.79 Å². The SMILES string of the molecule is Cc1cccc2cccc(C(=O)O)c12.[Tl]. The van der Waals surface area contributed by atoms with Crippen molar-refractivity contribution >= 4 is 44.0 Å². The molecule has 2 aromatic carbocycles. The molecule has 0 aromatic heterocycles. The number of carboxylic acid groups (broad SMARTS) is 1. The van der Waals surface area contributed by atoms with Crippen LogP contribution < -0.4 is 0 Å². The van der Waals surface area contributed by atoms with Crippen LogP contribution in [0.5, 0.6) is 0 Å². The maximum absolute atomic E-state index is 11.0. The van der Waals surface area contributed by atoms with Gasteiger partial charge in [-0.2, -0.15) is 0 Å². The summed E-state index contributed by atoms with van der Waals surface area (Å²) < 4.78 is 0. The monoisotopic (exact) mass is 391 g/mol. The molecule has 0 spiro atoms. The molecule has 15 heavy (non-hydrogen) atoms. The smallest absolute Gasteiger partial charge is 0.336 e. The van der Waals surface area contributed by atoms with Crippen LogP contribution in [0.2, 0.25) is 0 Å². The second kappa shape index (κ2) is 4.74. The van der Waals surface area contributed by atoms with Crippen molar-refractivity contribution in [1.82, 2.24) is 0 Å². The van der Waals surface area contributed by atoms with Crippen LogP contribution in [0.1, 0.15) is 15.9 Å². The van der Waals surface area contributed by atoms with Crippen molar-refractivity contribution < 1.29 is 9.90 Å². The van der Waals surface area contributed by atoms with Gasteiger partial charge in [0.25, 0.3) is 0 Å². The number of carboxylic acids is 1. The van der Waals surface area contributed by atoms with Gasteiger partial charge in [-0.05, 0) is 29.3 Å². The van der Waals surface area contributed by atoms with Gasteiger partial charge >= 0.3 is 5.97 Å². The Morgan fingerprint density at radius 2 is 1.73 bits per heavy atom. The van der Waals surface area contributed by atoms with Crippen molar-refractivity contribution in [3.8, 4) is 0 Å². The van der Waals surface area contributed by atoms with Crippen molar-refractivity contribution in [3.05, 3.63) is 47.5 Å². The topological polar surface area (TPSA) is 37.3 Å². The van der Waals surface area contributed by atoms with Crippen molar-refractivity contribution in [2.24, 2.45) is 0 Å². The largest absolute Gasteiger partial charge is 0.478 e. The molecule has 0 saturated heterocycles. The van der Waals surface area contributed by atoms with Gasteiger partial charge in [-0.25, -0.2) is 4.79 Å². The van der Waals surface area contributed by atoms with Gasteiger partial charge in [0.05, 0.1) is 5.56 Å². The Morgan fingerprint density at radius 1 is 1.13 bits per heavy atom. The molecule has 0 bridgehead atoms. The zero-order chi connectivity index (χ0) is 10.1. The summed E-state index contributed by atoms with van der Waals surface area (Å²) in [6.45, 7) is 1.93. The molecule has 0 aliphatic carbocycles. The van der Waals surface area contributed by atoms with E-state index in [4.69, 9.17) is 5.11 Å². The van der Waals surface area contributed by atoms with Gasteiger partial charge in [0, 0.05) is 27.3 Å². The summed E-state index contributed by atoms with van der Waals surface area (Å²) in [4.78, 5) is 11.0. The first-order valence-corrected chi connectivity index (χ1v) is 4.42. The number of carbonyl (C=O) groups is 1. The fraction of sp³-hybridized carbons (Fsp3) is 0.0833. The van der Waals surface area contributed by atoms with Crippen molar-refractivity contribution in [1.29, 1.82) is 0 Å². The van der Waals surface area contributed by atoms with E-state index in [1.54, 1.807) is 12.1 Å². The number of hydrogen-bond donors (Lipinski definition) is 1. The number of fused-ring (bicyclic) bond motifs is 1. The standard InChI is InChI=1S/C12H10O2.Tl/c1-8-4-2-5-9-6-3-7-10(11(8)9)12(13)14;/h2-7H,1H3,(H,13,14);. The Hall–Kier alpha value is -0.908. The van der Waals surface area contributed by atoms with E-state index in [0.717, 1.165) is 16.3 Å². The molecule has 1 N–H and O–H groups in total. The van der Waals surface area contributed by atoms with Crippen LogP contribution in [-0.4, -0.2) is 38.4 Å². The predicted molar refractivity (Wildman–Crippen MR) is 61.4 cm³/mol. The van der Waals surface area contributed by atoms with Gasteiger partial charge in [0.2, 0.25) is 0 Å². The summed E-state index contributed by atoms with van der Waals surface area (Å²) in [7, 11) is 0. The summed E-state index contributed by atoms with van der Waals surface area (Å²) in [5.41, 5.74) is 1.38. The van der Waals surface area contributed by atoms with Gasteiger partial charge < -0.3 is 5.11 Å². The molecule has 0 saturated carbocycles. The second-order valence-electron chi connectivity index (χ2n) is 3.28. The molecule has 0 aliphatic heterocycles. The van der Waals surface area contributed by atoms with E-state index in [-0.39, 0.29) is 27.3 Å². The molecule has 0 fully saturated rings. The Kier molecular flexibility index (Phi) is 3.85. The van der Waals surface area contributed by atoms with Crippen LogP contribution in [-0.2, 0) is 0 Å². The Morgan fingerprint density at radius 3 is 2.33 bits per heavy atom. The minimum atomic E-state index is -0.870. The first kappa shape index (κ1) is 12.2. The summed E-state index contributed by atoms with van der Waals surface area (Å²) in [5, 5.41) is 10.8. The molecule has 2 nitrogen and oxygen atoms in total. The molecule has 2 rings (SSSR count). The van der Waals surface area contributed by atoms with E-state index >= 15 is 0 Å². The predicted octanol–water partition coefficient (Wildman–Crippen LogP) is 2.47. The van der Waals surface area contributed by atoms with Gasteiger partial charge in [-0.15, -0.1) is 0 Å². The van der Waals surface area contributed by atoms with Gasteiger partial charge in [0.15, 0.2) is 0 Å². The Labute approximate surface area is 108 Å². The summed E-state index contributed by atoms with van der Waals surface area (Å²) in [6, 6.07) is 11.1. The third-order valence-electron chi connectivity index (χ3n) is 2.34. The molecular weight excluding hydrogens is 381 g/mol. The fourth-order valence-electron chi connectivity index (χ4n) is 1.71. The molecule has 73 valence electrons. The third-order valence-corrected chi connectivity index (χ3v) is 2.34. The van der Waals surface area contributed by atoms with Crippen LogP contribution >= 0.6 is 0 Å². The maximum atomic E-state index is 11.0. The van der Waals surface area contributed by atoms with Crippen molar-refractivity contribution in [2.75, 3.05) is 0 Å². The van der Waals surface area contributed by atoms with Crippen LogP contribution in [0.15, 0.2) is 36.4 Å². The van der Waals surface area contributed by atoms with Gasteiger partial charge in [-0.3, -0.25) is 0 Å². The number of aryl methyl sites for hydroxylation is 1. The van der Waals surface area contributed by atoms with E-state index in [0.29, 0.717) is 5.56 Å². The van der Waals surface area contributed by atoms with Crippen LogP contribution in [0.4, 0.5) is 0 Å². The van der Waals surface area contributed by atoms with E-state index < -0.39 is 5.97 Å². The molecule has 0 amide bonds. The zero-order valence-corrected chi connectivity index (χ0v) is 12.9. The number of hydrogen-bond acceptors (Lipinski definition) is 1. The molecular formula is C12H10O2Tl. The second-order valence-corrected chi connectivity index (χ2v) is 3.28. The zero-order valence-electron chi connectivity index (χ0n) is 8.40. The quantitative estimate of drug-likeness (QED) is 0.760. The van der Waals surface area contributed by atoms with Gasteiger partial charge in [-0.1, -0.05) is 30.3 Å². The average Bonchev–Trinajstić information content (AvgIpc) is 2.17. The van der Waals surface area contributed by atoms with Crippen LogP contribution in [0.3, 0.4) is 0 Å². The molecule has 1 radical (unpaired) electrons. The maximum Gasteiger partial charge on any atom is 0.336 e. The van der Waals surface area contributed by atoms with Gasteiger partial charge in [0.1, 0.15) is 0 Å². The molecule has 3 heteroatoms. The van der Waals surface area contributed by atoms with Crippen LogP contribution in [0.25, 0.3) is 10.8 Å². The van der Waals surface area contributed by atoms with Crippen molar-refractivity contribution in [3.63, 3.8) is 0 Å². The normalized spacial score (nSPS) is 9.67. The average molecular weight is 391 g/mol. The summed E-state index contributed by atoms with van der Waals surface area (Å²) >= 11 is 0. The van der Waals surface area contributed by atoms with E-state index in [1.165, 1.54) is 0 Å². The minimum Gasteiger partial charge on any atom is -0.478 e. The van der Waals surface area contributed by atoms with Crippen molar-refractivity contribution in [2.45, 2.75) is 6.92 Å². The Balaban J connectivity index is 0.00000112. The number of aromatic carboxylic acids is 1. The minimum absolute atomic E-state index is 0. The fourth-order valence-corrected chi connectivity index (χ4v) is 1.71. The summed E-state index contributed by atoms with van der Waals surface area (Å²) in [6.07, 6.45) is 0. The van der Waals surface area contributed by atoms with E-state index in [1.807, 2.05) is 31.2 Å². The molecule has 0 heterocycles. The van der Waals surface area contributed by atoms with Crippen LogP contribution in [0, 0.1) is 6.92 Å². The number of benzene rings is 2. The first-order chi connectivity index (χ1) is 6.70. The first-order valence-electron chi connectivity index (χ1n) is 4.42.